The summed E-state index contributed by atoms with van der Waals surface area (Å²) in [5, 5.41) is 22.0. The van der Waals surface area contributed by atoms with Crippen molar-refractivity contribution in [3.05, 3.63) is 48.5 Å². The van der Waals surface area contributed by atoms with Crippen LogP contribution in [0.25, 0.3) is 0 Å². The minimum atomic E-state index is -0.566. The van der Waals surface area contributed by atoms with E-state index in [2.05, 4.69) is 11.5 Å². The number of benzene rings is 2. The highest BCUT2D eigenvalue weighted by molar-refractivity contribution is 7.98. The molecule has 0 amide bonds. The van der Waals surface area contributed by atoms with Crippen molar-refractivity contribution in [2.24, 2.45) is 0 Å². The van der Waals surface area contributed by atoms with Crippen LogP contribution in [0.3, 0.4) is 0 Å². The predicted molar refractivity (Wildman–Crippen MR) is 82.7 cm³/mol. The Morgan fingerprint density at radius 1 is 0.700 bits per heavy atom. The number of rotatable bonds is 2. The minimum absolute atomic E-state index is 0.226. The molecule has 20 heavy (non-hydrogen) atoms. The van der Waals surface area contributed by atoms with Crippen molar-refractivity contribution in [1.29, 1.82) is 0 Å². The lowest BCUT2D eigenvalue weighted by molar-refractivity contribution is -0.391. The van der Waals surface area contributed by atoms with Gasteiger partial charge in [-0.2, -0.15) is 0 Å². The van der Waals surface area contributed by atoms with E-state index in [1.807, 2.05) is 36.4 Å². The first-order valence-corrected chi connectivity index (χ1v) is 9.36. The lowest BCUT2D eigenvalue weighted by Gasteiger charge is -2.43. The van der Waals surface area contributed by atoms with Crippen LogP contribution in [0.5, 0.6) is 11.5 Å². The van der Waals surface area contributed by atoms with E-state index in [0.29, 0.717) is 11.5 Å². The average Bonchev–Trinajstić information content (AvgIpc) is 2.44. The van der Waals surface area contributed by atoms with Crippen LogP contribution < -0.4 is 22.1 Å². The van der Waals surface area contributed by atoms with Gasteiger partial charge in [-0.15, -0.1) is 0 Å². The predicted octanol–water partition coefficient (Wildman–Crippen LogP) is 0.0770. The fourth-order valence-electron chi connectivity index (χ4n) is 2.60. The van der Waals surface area contributed by atoms with Crippen molar-refractivity contribution >= 4 is 26.5 Å². The lowest BCUT2D eigenvalue weighted by atomic mass is 10.3. The Kier molecular flexibility index (Phi) is 3.66. The van der Waals surface area contributed by atoms with E-state index in [9.17, 15) is 10.2 Å². The molecule has 1 heterocycles. The van der Waals surface area contributed by atoms with E-state index in [0.717, 1.165) is 10.6 Å². The second-order valence-electron chi connectivity index (χ2n) is 4.75. The second kappa shape index (κ2) is 5.31. The maximum Gasteiger partial charge on any atom is 0.140 e. The van der Waals surface area contributed by atoms with Crippen LogP contribution in [-0.2, 0) is 0 Å². The van der Waals surface area contributed by atoms with E-state index in [1.165, 1.54) is 0 Å². The summed E-state index contributed by atoms with van der Waals surface area (Å²) in [5.74, 6) is 0.681. The molecule has 1 fully saturated rings. The Balaban J connectivity index is 1.91. The maximum atomic E-state index is 10.0. The molecule has 104 valence electrons. The molecule has 2 aromatic carbocycles. The molecule has 3 rings (SSSR count). The van der Waals surface area contributed by atoms with Gasteiger partial charge in [0.25, 0.3) is 0 Å². The zero-order valence-electron chi connectivity index (χ0n) is 11.0. The summed E-state index contributed by atoms with van der Waals surface area (Å²) in [6, 6.07) is 14.9. The molecule has 0 spiro atoms. The highest BCUT2D eigenvalue weighted by Gasteiger charge is 2.55. The van der Waals surface area contributed by atoms with Gasteiger partial charge < -0.3 is 21.7 Å². The summed E-state index contributed by atoms with van der Waals surface area (Å²) in [4.78, 5) is 0. The third kappa shape index (κ3) is 2.10. The molecule has 6 heteroatoms. The van der Waals surface area contributed by atoms with Gasteiger partial charge in [-0.3, -0.25) is 0 Å². The van der Waals surface area contributed by atoms with Gasteiger partial charge in [0.05, 0.1) is 15.8 Å². The summed E-state index contributed by atoms with van der Waals surface area (Å²) < 4.78 is 0. The Morgan fingerprint density at radius 2 is 1.05 bits per heavy atom. The Labute approximate surface area is 119 Å². The zero-order chi connectivity index (χ0) is 14.3. The Bertz CT molecular complexity index is 575. The molecule has 1 saturated heterocycles. The molecular weight excluding hydrogens is 290 g/mol. The van der Waals surface area contributed by atoms with Gasteiger partial charge in [0.15, 0.2) is 0 Å². The van der Waals surface area contributed by atoms with Gasteiger partial charge in [-0.1, -0.05) is 36.4 Å². The van der Waals surface area contributed by atoms with Crippen LogP contribution in [0.1, 0.15) is 0 Å². The summed E-state index contributed by atoms with van der Waals surface area (Å²) in [7, 11) is -1.13. The smallest absolute Gasteiger partial charge is 0.140 e. The minimum Gasteiger partial charge on any atom is -0.507 e. The van der Waals surface area contributed by atoms with Crippen LogP contribution in [0.4, 0.5) is 0 Å². The first-order chi connectivity index (χ1) is 9.61. The van der Waals surface area contributed by atoms with Crippen LogP contribution >= 0.6 is 15.8 Å². The molecule has 0 bridgehead atoms. The summed E-state index contributed by atoms with van der Waals surface area (Å²) in [6.07, 6.45) is 0. The van der Waals surface area contributed by atoms with Gasteiger partial charge in [0, 0.05) is 10.6 Å². The van der Waals surface area contributed by atoms with Gasteiger partial charge >= 0.3 is 0 Å². The van der Waals surface area contributed by atoms with Gasteiger partial charge in [0.2, 0.25) is 0 Å². The Hall–Kier alpha value is -1.18. The van der Waals surface area contributed by atoms with E-state index in [4.69, 9.17) is 0 Å². The highest BCUT2D eigenvalue weighted by atomic mass is 31.2. The van der Waals surface area contributed by atoms with Gasteiger partial charge in [-0.05, 0) is 12.1 Å². The van der Waals surface area contributed by atoms with Crippen molar-refractivity contribution in [3.8, 4) is 11.5 Å². The highest BCUT2D eigenvalue weighted by Crippen LogP contribution is 2.73. The van der Waals surface area contributed by atoms with Gasteiger partial charge in [0.1, 0.15) is 22.5 Å². The molecule has 8 N–H and O–H groups in total. The first kappa shape index (κ1) is 13.8. The quantitative estimate of drug-likeness (QED) is 0.591. The number of phenolic OH excluding ortho intramolecular Hbond substituents is 2. The standard InChI is InChI=1S/C14H16N2O2P2/c15-13-19(11-7-3-1-5-9(11)17)14(16)20(13)12-8-4-2-6-10(12)18/h1-8,13-14,17-18H,15-16H2/p+2. The van der Waals surface area contributed by atoms with Crippen molar-refractivity contribution in [3.63, 3.8) is 0 Å². The molecule has 1 aliphatic heterocycles. The number of para-hydroxylation sites is 2. The molecule has 0 radical (unpaired) electrons. The molecule has 4 nitrogen and oxygen atoms in total. The van der Waals surface area contributed by atoms with Crippen LogP contribution in [0, 0.1) is 0 Å². The number of phenols is 2. The SMILES string of the molecule is [NH3+]C1P(c2ccccc2O)C([NH3+])P1c1ccccc1O. The summed E-state index contributed by atoms with van der Waals surface area (Å²) in [6.45, 7) is 0. The van der Waals surface area contributed by atoms with Crippen molar-refractivity contribution in [1.82, 2.24) is 0 Å². The van der Waals surface area contributed by atoms with Crippen molar-refractivity contribution < 1.29 is 21.7 Å². The van der Waals surface area contributed by atoms with Crippen molar-refractivity contribution in [2.75, 3.05) is 0 Å². The van der Waals surface area contributed by atoms with Crippen LogP contribution in [-0.4, -0.2) is 21.3 Å². The van der Waals surface area contributed by atoms with E-state index in [1.54, 1.807) is 12.1 Å². The summed E-state index contributed by atoms with van der Waals surface area (Å²) >= 11 is 0. The molecule has 0 aromatic heterocycles. The molecule has 0 aliphatic carbocycles. The third-order valence-corrected chi connectivity index (χ3v) is 11.0. The first-order valence-electron chi connectivity index (χ1n) is 6.40. The molecular formula is C14H18N2O2P2+2. The normalized spacial score (nSPS) is 28.9. The fraction of sp³-hybridized carbons (Fsp3) is 0.143. The topological polar surface area (TPSA) is 95.7 Å². The third-order valence-electron chi connectivity index (χ3n) is 3.60. The van der Waals surface area contributed by atoms with E-state index < -0.39 is 15.8 Å². The number of quaternary nitrogens is 2. The van der Waals surface area contributed by atoms with Gasteiger partial charge in [-0.25, -0.2) is 0 Å². The lowest BCUT2D eigenvalue weighted by Crippen LogP contribution is -2.76. The summed E-state index contributed by atoms with van der Waals surface area (Å²) in [5.41, 5.74) is 9.03. The fourth-order valence-corrected chi connectivity index (χ4v) is 10.4. The molecule has 0 atom stereocenters. The largest absolute Gasteiger partial charge is 0.507 e. The number of aromatic hydroxyl groups is 2. The van der Waals surface area contributed by atoms with Crippen molar-refractivity contribution in [2.45, 2.75) is 11.0 Å². The molecule has 0 unspecified atom stereocenters. The average molecular weight is 308 g/mol. The number of hydrogen-bond donors (Lipinski definition) is 4. The molecule has 2 aromatic rings. The molecule has 1 aliphatic rings. The maximum absolute atomic E-state index is 10.0. The molecule has 0 saturated carbocycles. The van der Waals surface area contributed by atoms with E-state index >= 15 is 0 Å². The zero-order valence-corrected chi connectivity index (χ0v) is 12.8. The van der Waals surface area contributed by atoms with Crippen LogP contribution in [0.2, 0.25) is 0 Å². The Morgan fingerprint density at radius 3 is 1.40 bits per heavy atom. The monoisotopic (exact) mass is 308 g/mol. The van der Waals surface area contributed by atoms with E-state index in [-0.39, 0.29) is 11.0 Å². The number of hydrogen-bond acceptors (Lipinski definition) is 2. The second-order valence-corrected chi connectivity index (χ2v) is 10.7. The van der Waals surface area contributed by atoms with Crippen LogP contribution in [0.15, 0.2) is 48.5 Å².